The Balaban J connectivity index is 2.37. The first-order valence-electron chi connectivity index (χ1n) is 5.62. The zero-order chi connectivity index (χ0) is 15.6. The Morgan fingerprint density at radius 2 is 1.90 bits per heavy atom. The first-order chi connectivity index (χ1) is 9.79. The van der Waals surface area contributed by atoms with Crippen molar-refractivity contribution >= 4 is 17.5 Å². The van der Waals surface area contributed by atoms with Crippen LogP contribution < -0.4 is 15.8 Å². The third kappa shape index (κ3) is 3.50. The second-order valence-corrected chi connectivity index (χ2v) is 3.97. The van der Waals surface area contributed by atoms with E-state index in [-0.39, 0.29) is 23.3 Å². The number of hydrogen-bond donors (Lipinski definition) is 2. The molecule has 9 heteroatoms. The fraction of sp³-hybridized carbons (Fsp3) is 0.167. The van der Waals surface area contributed by atoms with E-state index in [9.17, 15) is 17.6 Å². The second kappa shape index (κ2) is 5.43. The van der Waals surface area contributed by atoms with Gasteiger partial charge in [-0.15, -0.1) is 0 Å². The Bertz CT molecular complexity index is 660. The molecule has 0 bridgehead atoms. The predicted octanol–water partition coefficient (Wildman–Crippen LogP) is 2.97. The zero-order valence-corrected chi connectivity index (χ0v) is 10.7. The molecule has 0 amide bonds. The van der Waals surface area contributed by atoms with Gasteiger partial charge in [-0.3, -0.25) is 0 Å². The maximum absolute atomic E-state index is 13.6. The van der Waals surface area contributed by atoms with Crippen molar-refractivity contribution in [3.05, 3.63) is 35.6 Å². The van der Waals surface area contributed by atoms with Crippen LogP contribution in [0.5, 0.6) is 5.88 Å². The van der Waals surface area contributed by atoms with Crippen molar-refractivity contribution in [3.8, 4) is 5.88 Å². The first kappa shape index (κ1) is 14.8. The Morgan fingerprint density at radius 1 is 1.19 bits per heavy atom. The highest BCUT2D eigenvalue weighted by molar-refractivity contribution is 5.59. The van der Waals surface area contributed by atoms with Gasteiger partial charge in [0.1, 0.15) is 11.6 Å². The quantitative estimate of drug-likeness (QED) is 0.853. The predicted molar refractivity (Wildman–Crippen MR) is 67.7 cm³/mol. The molecule has 1 aromatic heterocycles. The average Bonchev–Trinajstić information content (AvgIpc) is 2.39. The molecule has 0 aliphatic carbocycles. The van der Waals surface area contributed by atoms with Gasteiger partial charge in [-0.2, -0.15) is 23.1 Å². The fourth-order valence-corrected chi connectivity index (χ4v) is 1.55. The molecule has 2 rings (SSSR count). The van der Waals surface area contributed by atoms with E-state index in [0.717, 1.165) is 0 Å². The maximum Gasteiger partial charge on any atom is 0.416 e. The standard InChI is InChI=1S/C12H10F4N4O/c1-21-10-5-9(19-11(17)20-10)18-8-4-6(12(14,15)16)2-3-7(8)13/h2-5H,1H3,(H3,17,18,19,20). The first-order valence-corrected chi connectivity index (χ1v) is 5.62. The molecule has 5 nitrogen and oxygen atoms in total. The lowest BCUT2D eigenvalue weighted by molar-refractivity contribution is -0.137. The lowest BCUT2D eigenvalue weighted by Crippen LogP contribution is -2.07. The van der Waals surface area contributed by atoms with Gasteiger partial charge in [0, 0.05) is 6.07 Å². The highest BCUT2D eigenvalue weighted by Crippen LogP contribution is 2.32. The van der Waals surface area contributed by atoms with E-state index < -0.39 is 17.6 Å². The highest BCUT2D eigenvalue weighted by Gasteiger charge is 2.31. The van der Waals surface area contributed by atoms with Crippen molar-refractivity contribution in [1.82, 2.24) is 9.97 Å². The van der Waals surface area contributed by atoms with Crippen LogP contribution in [-0.4, -0.2) is 17.1 Å². The Kier molecular flexibility index (Phi) is 3.83. The van der Waals surface area contributed by atoms with Gasteiger partial charge in [0.05, 0.1) is 18.4 Å². The molecule has 112 valence electrons. The lowest BCUT2D eigenvalue weighted by atomic mass is 10.2. The van der Waals surface area contributed by atoms with Crippen LogP contribution in [0, 0.1) is 5.82 Å². The number of hydrogen-bond acceptors (Lipinski definition) is 5. The normalized spacial score (nSPS) is 11.3. The third-order valence-corrected chi connectivity index (χ3v) is 2.49. The highest BCUT2D eigenvalue weighted by atomic mass is 19.4. The summed E-state index contributed by atoms with van der Waals surface area (Å²) in [6, 6.07) is 3.28. The fourth-order valence-electron chi connectivity index (χ4n) is 1.55. The molecule has 1 heterocycles. The number of ether oxygens (including phenoxy) is 1. The van der Waals surface area contributed by atoms with E-state index in [1.54, 1.807) is 0 Å². The summed E-state index contributed by atoms with van der Waals surface area (Å²) in [7, 11) is 1.33. The summed E-state index contributed by atoms with van der Waals surface area (Å²) < 4.78 is 56.2. The van der Waals surface area contributed by atoms with Crippen LogP contribution in [0.1, 0.15) is 5.56 Å². The summed E-state index contributed by atoms with van der Waals surface area (Å²) in [5.41, 5.74) is 4.04. The minimum Gasteiger partial charge on any atom is -0.481 e. The SMILES string of the molecule is COc1cc(Nc2cc(C(F)(F)F)ccc2F)nc(N)n1. The number of nitrogens with one attached hydrogen (secondary N) is 1. The number of nitrogens with zero attached hydrogens (tertiary/aromatic N) is 2. The molecule has 0 spiro atoms. The summed E-state index contributed by atoms with van der Waals surface area (Å²) in [6.07, 6.45) is -4.58. The van der Waals surface area contributed by atoms with Gasteiger partial charge in [-0.05, 0) is 18.2 Å². The molecule has 21 heavy (non-hydrogen) atoms. The molecule has 0 unspecified atom stereocenters. The number of halogens is 4. The summed E-state index contributed by atoms with van der Waals surface area (Å²) in [5, 5.41) is 2.41. The molecule has 0 atom stereocenters. The Hall–Kier alpha value is -2.58. The molecular weight excluding hydrogens is 292 g/mol. The van der Waals surface area contributed by atoms with E-state index in [2.05, 4.69) is 15.3 Å². The molecule has 0 saturated heterocycles. The van der Waals surface area contributed by atoms with Crippen LogP contribution in [-0.2, 0) is 6.18 Å². The van der Waals surface area contributed by atoms with Gasteiger partial charge in [0.25, 0.3) is 0 Å². The van der Waals surface area contributed by atoms with E-state index in [1.807, 2.05) is 0 Å². The molecule has 0 saturated carbocycles. The van der Waals surface area contributed by atoms with Gasteiger partial charge >= 0.3 is 6.18 Å². The second-order valence-electron chi connectivity index (χ2n) is 3.97. The maximum atomic E-state index is 13.6. The number of alkyl halides is 3. The van der Waals surface area contributed by atoms with E-state index in [1.165, 1.54) is 13.2 Å². The van der Waals surface area contributed by atoms with Crippen LogP contribution in [0.2, 0.25) is 0 Å². The van der Waals surface area contributed by atoms with Crippen molar-refractivity contribution < 1.29 is 22.3 Å². The number of methoxy groups -OCH3 is 1. The van der Waals surface area contributed by atoms with Crippen molar-refractivity contribution in [2.45, 2.75) is 6.18 Å². The molecule has 0 aliphatic rings. The summed E-state index contributed by atoms with van der Waals surface area (Å²) in [6.45, 7) is 0. The van der Waals surface area contributed by atoms with Crippen molar-refractivity contribution in [2.24, 2.45) is 0 Å². The summed E-state index contributed by atoms with van der Waals surface area (Å²) in [4.78, 5) is 7.44. The van der Waals surface area contributed by atoms with Gasteiger partial charge in [-0.25, -0.2) is 4.39 Å². The number of nitrogens with two attached hydrogens (primary N) is 1. The molecule has 0 fully saturated rings. The number of rotatable bonds is 3. The summed E-state index contributed by atoms with van der Waals surface area (Å²) >= 11 is 0. The number of nitrogen functional groups attached to an aromatic ring is 1. The van der Waals surface area contributed by atoms with Crippen molar-refractivity contribution in [2.75, 3.05) is 18.2 Å². The lowest BCUT2D eigenvalue weighted by Gasteiger charge is -2.12. The Labute approximate surface area is 116 Å². The Morgan fingerprint density at radius 3 is 2.52 bits per heavy atom. The third-order valence-electron chi connectivity index (χ3n) is 2.49. The molecule has 2 aromatic rings. The van der Waals surface area contributed by atoms with Gasteiger partial charge < -0.3 is 15.8 Å². The number of aromatic nitrogens is 2. The van der Waals surface area contributed by atoms with Crippen LogP contribution in [0.4, 0.5) is 35.0 Å². The van der Waals surface area contributed by atoms with Crippen molar-refractivity contribution in [1.29, 1.82) is 0 Å². The van der Waals surface area contributed by atoms with E-state index in [4.69, 9.17) is 10.5 Å². The van der Waals surface area contributed by atoms with E-state index >= 15 is 0 Å². The van der Waals surface area contributed by atoms with Crippen LogP contribution in [0.25, 0.3) is 0 Å². The molecule has 1 aromatic carbocycles. The monoisotopic (exact) mass is 302 g/mol. The van der Waals surface area contributed by atoms with Crippen LogP contribution in [0.15, 0.2) is 24.3 Å². The minimum atomic E-state index is -4.58. The van der Waals surface area contributed by atoms with Crippen LogP contribution in [0.3, 0.4) is 0 Å². The van der Waals surface area contributed by atoms with Gasteiger partial charge in [-0.1, -0.05) is 0 Å². The minimum absolute atomic E-state index is 0.0116. The smallest absolute Gasteiger partial charge is 0.416 e. The zero-order valence-electron chi connectivity index (χ0n) is 10.7. The number of anilines is 3. The van der Waals surface area contributed by atoms with Crippen molar-refractivity contribution in [3.63, 3.8) is 0 Å². The summed E-state index contributed by atoms with van der Waals surface area (Å²) in [5.74, 6) is -0.918. The molecule has 0 radical (unpaired) electrons. The van der Waals surface area contributed by atoms with Gasteiger partial charge in [0.2, 0.25) is 11.8 Å². The molecule has 3 N–H and O–H groups in total. The largest absolute Gasteiger partial charge is 0.481 e. The van der Waals surface area contributed by atoms with Crippen LogP contribution >= 0.6 is 0 Å². The molecule has 0 aliphatic heterocycles. The average molecular weight is 302 g/mol. The topological polar surface area (TPSA) is 73.1 Å². The van der Waals surface area contributed by atoms with E-state index in [0.29, 0.717) is 18.2 Å². The van der Waals surface area contributed by atoms with Gasteiger partial charge in [0.15, 0.2) is 0 Å². The number of benzene rings is 1. The molecular formula is C12H10F4N4O.